The molecule has 0 spiro atoms. The fourth-order valence-corrected chi connectivity index (χ4v) is 0.255. The molecule has 0 atom stereocenters. The summed E-state index contributed by atoms with van der Waals surface area (Å²) in [5, 5.41) is 0. The van der Waals surface area contributed by atoms with Gasteiger partial charge in [0.2, 0.25) is 0 Å². The standard InChI is InChI=1S/C6H8ClN/c1-3-6(2)4-8-5-7/h3-5H,1H2,2H3/b6-4-,8-5+. The van der Waals surface area contributed by atoms with Crippen molar-refractivity contribution in [3.05, 3.63) is 24.4 Å². The number of halogens is 1. The maximum atomic E-state index is 5.13. The van der Waals surface area contributed by atoms with E-state index in [1.807, 2.05) is 6.92 Å². The number of aliphatic imine (C=N–C) groups is 1. The molecule has 0 N–H and O–H groups in total. The number of rotatable bonds is 2. The lowest BCUT2D eigenvalue weighted by Gasteiger charge is -1.80. The van der Waals surface area contributed by atoms with E-state index in [9.17, 15) is 0 Å². The van der Waals surface area contributed by atoms with E-state index in [0.29, 0.717) is 0 Å². The molecule has 8 heavy (non-hydrogen) atoms. The molecule has 0 aromatic carbocycles. The maximum absolute atomic E-state index is 5.13. The average molecular weight is 130 g/mol. The highest BCUT2D eigenvalue weighted by Crippen LogP contribution is 1.91. The number of nitrogens with zero attached hydrogens (tertiary/aromatic N) is 1. The fourth-order valence-electron chi connectivity index (χ4n) is 0.198. The Morgan fingerprint density at radius 2 is 2.38 bits per heavy atom. The van der Waals surface area contributed by atoms with E-state index in [1.165, 1.54) is 5.67 Å². The van der Waals surface area contributed by atoms with Gasteiger partial charge in [-0.25, -0.2) is 0 Å². The van der Waals surface area contributed by atoms with Crippen LogP contribution in [0.3, 0.4) is 0 Å². The monoisotopic (exact) mass is 129 g/mol. The van der Waals surface area contributed by atoms with Crippen LogP contribution in [0.1, 0.15) is 6.92 Å². The van der Waals surface area contributed by atoms with Gasteiger partial charge in [0.1, 0.15) is 0 Å². The van der Waals surface area contributed by atoms with Gasteiger partial charge in [-0.05, 0) is 12.5 Å². The van der Waals surface area contributed by atoms with Gasteiger partial charge < -0.3 is 0 Å². The number of hydrogen-bond donors (Lipinski definition) is 0. The minimum Gasteiger partial charge on any atom is -0.252 e. The molecular weight excluding hydrogens is 122 g/mol. The Balaban J connectivity index is 3.74. The van der Waals surface area contributed by atoms with E-state index in [4.69, 9.17) is 11.6 Å². The van der Waals surface area contributed by atoms with Gasteiger partial charge >= 0.3 is 0 Å². The molecule has 0 aliphatic heterocycles. The second kappa shape index (κ2) is 4.60. The van der Waals surface area contributed by atoms with Gasteiger partial charge in [0, 0.05) is 6.20 Å². The van der Waals surface area contributed by atoms with E-state index in [2.05, 4.69) is 11.6 Å². The van der Waals surface area contributed by atoms with Crippen molar-refractivity contribution in [2.75, 3.05) is 0 Å². The molecule has 0 aliphatic carbocycles. The van der Waals surface area contributed by atoms with Crippen molar-refractivity contribution in [1.29, 1.82) is 0 Å². The summed E-state index contributed by atoms with van der Waals surface area (Å²) in [4.78, 5) is 3.65. The van der Waals surface area contributed by atoms with Crippen molar-refractivity contribution in [3.63, 3.8) is 0 Å². The van der Waals surface area contributed by atoms with Crippen LogP contribution in [-0.2, 0) is 0 Å². The third kappa shape index (κ3) is 3.62. The molecule has 0 rings (SSSR count). The van der Waals surface area contributed by atoms with E-state index < -0.39 is 0 Å². The lowest BCUT2D eigenvalue weighted by atomic mass is 10.3. The fraction of sp³-hybridized carbons (Fsp3) is 0.167. The second-order valence-electron chi connectivity index (χ2n) is 1.32. The zero-order valence-electron chi connectivity index (χ0n) is 4.76. The maximum Gasteiger partial charge on any atom is 0.0926 e. The van der Waals surface area contributed by atoms with Crippen LogP contribution in [-0.4, -0.2) is 5.67 Å². The quantitative estimate of drug-likeness (QED) is 0.401. The molecule has 44 valence electrons. The third-order valence-electron chi connectivity index (χ3n) is 0.656. The number of allylic oxidation sites excluding steroid dienone is 2. The van der Waals surface area contributed by atoms with Crippen molar-refractivity contribution in [3.8, 4) is 0 Å². The van der Waals surface area contributed by atoms with Crippen molar-refractivity contribution in [2.24, 2.45) is 4.99 Å². The summed E-state index contributed by atoms with van der Waals surface area (Å²) in [5.74, 6) is 0. The molecule has 0 aromatic heterocycles. The summed E-state index contributed by atoms with van der Waals surface area (Å²) in [6, 6.07) is 0. The Kier molecular flexibility index (Phi) is 4.27. The van der Waals surface area contributed by atoms with Gasteiger partial charge in [0.15, 0.2) is 0 Å². The highest BCUT2D eigenvalue weighted by Gasteiger charge is 1.71. The van der Waals surface area contributed by atoms with Crippen molar-refractivity contribution in [2.45, 2.75) is 6.92 Å². The molecule has 0 aromatic rings. The molecule has 2 heteroatoms. The van der Waals surface area contributed by atoms with Gasteiger partial charge in [-0.2, -0.15) is 0 Å². The summed E-state index contributed by atoms with van der Waals surface area (Å²) in [6.45, 7) is 5.43. The summed E-state index contributed by atoms with van der Waals surface area (Å²) >= 11 is 5.13. The zero-order chi connectivity index (χ0) is 6.41. The smallest absolute Gasteiger partial charge is 0.0926 e. The minimum absolute atomic E-state index is 1.00. The molecule has 1 nitrogen and oxygen atoms in total. The Hall–Kier alpha value is -0.560. The van der Waals surface area contributed by atoms with E-state index >= 15 is 0 Å². The highest BCUT2D eigenvalue weighted by molar-refractivity contribution is 6.56. The van der Waals surface area contributed by atoms with Gasteiger partial charge in [-0.1, -0.05) is 24.3 Å². The molecule has 0 saturated carbocycles. The molecule has 0 unspecified atom stereocenters. The first-order valence-electron chi connectivity index (χ1n) is 2.22. The summed E-state index contributed by atoms with van der Waals surface area (Å²) in [7, 11) is 0. The first-order valence-corrected chi connectivity index (χ1v) is 2.66. The average Bonchev–Trinajstić information content (AvgIpc) is 1.83. The van der Waals surface area contributed by atoms with Gasteiger partial charge in [0.25, 0.3) is 0 Å². The topological polar surface area (TPSA) is 12.4 Å². The van der Waals surface area contributed by atoms with E-state index in [0.717, 1.165) is 5.57 Å². The number of hydrogen-bond acceptors (Lipinski definition) is 1. The van der Waals surface area contributed by atoms with Gasteiger partial charge in [-0.3, -0.25) is 4.99 Å². The molecule has 0 aliphatic rings. The lowest BCUT2D eigenvalue weighted by molar-refractivity contribution is 1.45. The van der Waals surface area contributed by atoms with Crippen LogP contribution < -0.4 is 0 Å². The van der Waals surface area contributed by atoms with E-state index in [-0.39, 0.29) is 0 Å². The zero-order valence-corrected chi connectivity index (χ0v) is 5.52. The minimum atomic E-state index is 1.00. The predicted molar refractivity (Wildman–Crippen MR) is 38.3 cm³/mol. The molecular formula is C6H8ClN. The molecule has 0 fully saturated rings. The summed E-state index contributed by atoms with van der Waals surface area (Å²) in [5.41, 5.74) is 2.22. The molecule has 0 radical (unpaired) electrons. The Labute approximate surface area is 54.4 Å². The lowest BCUT2D eigenvalue weighted by Crippen LogP contribution is -1.61. The van der Waals surface area contributed by atoms with Crippen molar-refractivity contribution >= 4 is 17.3 Å². The van der Waals surface area contributed by atoms with Crippen LogP contribution in [0.5, 0.6) is 0 Å². The largest absolute Gasteiger partial charge is 0.252 e. The van der Waals surface area contributed by atoms with Crippen LogP contribution >= 0.6 is 11.6 Å². The highest BCUT2D eigenvalue weighted by atomic mass is 35.5. The van der Waals surface area contributed by atoms with Crippen LogP contribution in [0.15, 0.2) is 29.4 Å². The third-order valence-corrected chi connectivity index (χ3v) is 0.769. The summed E-state index contributed by atoms with van der Waals surface area (Å²) in [6.07, 6.45) is 3.35. The van der Waals surface area contributed by atoms with Crippen LogP contribution in [0, 0.1) is 0 Å². The summed E-state index contributed by atoms with van der Waals surface area (Å²) < 4.78 is 0. The second-order valence-corrected chi connectivity index (χ2v) is 1.52. The van der Waals surface area contributed by atoms with E-state index in [1.54, 1.807) is 12.3 Å². The molecule has 0 amide bonds. The molecule has 0 saturated heterocycles. The van der Waals surface area contributed by atoms with Crippen molar-refractivity contribution in [1.82, 2.24) is 0 Å². The van der Waals surface area contributed by atoms with Crippen LogP contribution in [0.4, 0.5) is 0 Å². The Morgan fingerprint density at radius 1 is 1.75 bits per heavy atom. The first-order chi connectivity index (χ1) is 3.81. The predicted octanol–water partition coefficient (Wildman–Crippen LogP) is 2.34. The van der Waals surface area contributed by atoms with Crippen LogP contribution in [0.2, 0.25) is 0 Å². The Morgan fingerprint density at radius 3 is 2.75 bits per heavy atom. The molecule has 0 heterocycles. The Bertz CT molecular complexity index is 124. The SMILES string of the molecule is C=C/C(C)=C\N=C\Cl. The first kappa shape index (κ1) is 7.44. The van der Waals surface area contributed by atoms with Gasteiger partial charge in [-0.15, -0.1) is 0 Å². The van der Waals surface area contributed by atoms with Gasteiger partial charge in [0.05, 0.1) is 5.67 Å². The molecule has 0 bridgehead atoms. The normalized spacial score (nSPS) is 12.5. The van der Waals surface area contributed by atoms with Crippen LogP contribution in [0.25, 0.3) is 0 Å². The van der Waals surface area contributed by atoms with Crippen molar-refractivity contribution < 1.29 is 0 Å².